The zero-order valence-corrected chi connectivity index (χ0v) is 19.0. The fraction of sp³-hybridized carbons (Fsp3) is 0.167. The quantitative estimate of drug-likeness (QED) is 0.357. The van der Waals surface area contributed by atoms with Gasteiger partial charge in [0.1, 0.15) is 5.82 Å². The van der Waals surface area contributed by atoms with E-state index in [1.807, 2.05) is 0 Å². The van der Waals surface area contributed by atoms with Crippen LogP contribution in [0.3, 0.4) is 0 Å². The normalized spacial score (nSPS) is 12.9. The van der Waals surface area contributed by atoms with Crippen LogP contribution in [0.1, 0.15) is 23.7 Å². The molecule has 4 aromatic rings. The molecule has 2 heterocycles. The van der Waals surface area contributed by atoms with Crippen LogP contribution in [0.4, 0.5) is 17.6 Å². The van der Waals surface area contributed by atoms with E-state index in [2.05, 4.69) is 17.0 Å². The van der Waals surface area contributed by atoms with Crippen molar-refractivity contribution in [2.45, 2.75) is 23.5 Å². The summed E-state index contributed by atoms with van der Waals surface area (Å²) in [5.74, 6) is -0.424. The zero-order chi connectivity index (χ0) is 24.9. The van der Waals surface area contributed by atoms with E-state index in [1.54, 1.807) is 31.5 Å². The van der Waals surface area contributed by atoms with Gasteiger partial charge in [0, 0.05) is 24.3 Å². The molecule has 2 aromatic carbocycles. The van der Waals surface area contributed by atoms with Gasteiger partial charge in [0.05, 0.1) is 16.8 Å². The molecule has 0 spiro atoms. The molecular formula is C24H19F4N3O2S. The fourth-order valence-corrected chi connectivity index (χ4v) is 4.54. The van der Waals surface area contributed by atoms with Gasteiger partial charge in [-0.25, -0.2) is 22.3 Å². The van der Waals surface area contributed by atoms with E-state index in [0.717, 1.165) is 18.4 Å². The monoisotopic (exact) mass is 489 g/mol. The maximum absolute atomic E-state index is 13.7. The first-order chi connectivity index (χ1) is 15.8. The predicted octanol–water partition coefficient (Wildman–Crippen LogP) is 5.30. The van der Waals surface area contributed by atoms with Gasteiger partial charge in [0.2, 0.25) is 0 Å². The van der Waals surface area contributed by atoms with Crippen molar-refractivity contribution in [3.63, 3.8) is 0 Å². The Hall–Kier alpha value is -3.27. The molecule has 10 heteroatoms. The Morgan fingerprint density at radius 1 is 1.06 bits per heavy atom. The average Bonchev–Trinajstić information content (AvgIpc) is 3.13. The van der Waals surface area contributed by atoms with Crippen LogP contribution in [0.25, 0.3) is 16.8 Å². The van der Waals surface area contributed by atoms with Gasteiger partial charge in [-0.05, 0) is 48.4 Å². The van der Waals surface area contributed by atoms with E-state index in [1.165, 1.54) is 35.0 Å². The molecule has 0 aliphatic heterocycles. The first-order valence-corrected chi connectivity index (χ1v) is 11.9. The third kappa shape index (κ3) is 4.54. The number of benzene rings is 2. The van der Waals surface area contributed by atoms with Crippen molar-refractivity contribution in [1.29, 1.82) is 0 Å². The van der Waals surface area contributed by atoms with Crippen LogP contribution in [0.15, 0.2) is 65.8 Å². The van der Waals surface area contributed by atoms with E-state index >= 15 is 0 Å². The van der Waals surface area contributed by atoms with Crippen LogP contribution in [-0.4, -0.2) is 29.3 Å². The van der Waals surface area contributed by atoms with Crippen molar-refractivity contribution in [3.8, 4) is 11.1 Å². The van der Waals surface area contributed by atoms with Crippen molar-refractivity contribution in [2.75, 3.05) is 6.26 Å². The molecular weight excluding hydrogens is 470 g/mol. The molecule has 0 saturated heterocycles. The Balaban J connectivity index is 1.91. The number of fused-ring (bicyclic) bond motifs is 1. The number of hydrogen-bond donors (Lipinski definition) is 0. The molecule has 0 amide bonds. The highest BCUT2D eigenvalue weighted by molar-refractivity contribution is 7.90. The molecule has 0 saturated carbocycles. The molecule has 176 valence electrons. The summed E-state index contributed by atoms with van der Waals surface area (Å²) >= 11 is 0. The Bertz CT molecular complexity index is 1470. The van der Waals surface area contributed by atoms with Crippen LogP contribution in [0.2, 0.25) is 0 Å². The van der Waals surface area contributed by atoms with Gasteiger partial charge in [-0.15, -0.1) is 0 Å². The summed E-state index contributed by atoms with van der Waals surface area (Å²) in [5, 5.41) is 3.94. The van der Waals surface area contributed by atoms with Gasteiger partial charge in [0.15, 0.2) is 20.5 Å². The Morgan fingerprint density at radius 2 is 1.74 bits per heavy atom. The van der Waals surface area contributed by atoms with E-state index in [0.29, 0.717) is 11.3 Å². The fourth-order valence-electron chi connectivity index (χ4n) is 3.73. The second-order valence-corrected chi connectivity index (χ2v) is 10.1. The van der Waals surface area contributed by atoms with Gasteiger partial charge in [-0.3, -0.25) is 0 Å². The van der Waals surface area contributed by atoms with Crippen LogP contribution in [0.5, 0.6) is 0 Å². The summed E-state index contributed by atoms with van der Waals surface area (Å²) < 4.78 is 79.1. The van der Waals surface area contributed by atoms with Crippen molar-refractivity contribution in [2.24, 2.45) is 0 Å². The highest BCUT2D eigenvalue weighted by Crippen LogP contribution is 2.36. The summed E-state index contributed by atoms with van der Waals surface area (Å²) in [6, 6.07) is 11.6. The topological polar surface area (TPSA) is 64.3 Å². The largest absolute Gasteiger partial charge is 0.416 e. The van der Waals surface area contributed by atoms with Crippen molar-refractivity contribution in [1.82, 2.24) is 14.6 Å². The number of rotatable bonds is 5. The lowest BCUT2D eigenvalue weighted by Gasteiger charge is -2.25. The van der Waals surface area contributed by atoms with Gasteiger partial charge < -0.3 is 0 Å². The molecule has 2 aromatic heterocycles. The van der Waals surface area contributed by atoms with Crippen molar-refractivity contribution < 1.29 is 26.0 Å². The molecule has 4 rings (SSSR count). The molecule has 0 unspecified atom stereocenters. The minimum atomic E-state index is -4.53. The smallest absolute Gasteiger partial charge is 0.236 e. The lowest BCUT2D eigenvalue weighted by molar-refractivity contribution is -0.137. The van der Waals surface area contributed by atoms with Gasteiger partial charge in [0.25, 0.3) is 0 Å². The highest BCUT2D eigenvalue weighted by atomic mass is 32.2. The van der Waals surface area contributed by atoms with Crippen LogP contribution >= 0.6 is 0 Å². The van der Waals surface area contributed by atoms with E-state index in [9.17, 15) is 26.0 Å². The van der Waals surface area contributed by atoms with Crippen LogP contribution in [0, 0.1) is 19.2 Å². The minimum Gasteiger partial charge on any atom is -0.236 e. The Kier molecular flexibility index (Phi) is 5.75. The number of halogens is 4. The zero-order valence-electron chi connectivity index (χ0n) is 18.1. The van der Waals surface area contributed by atoms with Crippen LogP contribution in [-0.2, 0) is 21.4 Å². The summed E-state index contributed by atoms with van der Waals surface area (Å²) in [6.07, 6.45) is -0.434. The molecule has 34 heavy (non-hydrogen) atoms. The minimum absolute atomic E-state index is 0.0830. The average molecular weight is 489 g/mol. The predicted molar refractivity (Wildman–Crippen MR) is 119 cm³/mol. The number of hydrogen-bond acceptors (Lipinski definition) is 4. The molecule has 1 atom stereocenters. The number of nitrogens with zero attached hydrogens (tertiary/aromatic N) is 3. The maximum atomic E-state index is 13.7. The number of sulfone groups is 1. The molecule has 0 aliphatic rings. The summed E-state index contributed by atoms with van der Waals surface area (Å²) in [5.41, 5.74) is -0.413. The highest BCUT2D eigenvalue weighted by Gasteiger charge is 2.32. The molecule has 5 nitrogen and oxygen atoms in total. The maximum Gasteiger partial charge on any atom is 0.416 e. The van der Waals surface area contributed by atoms with Gasteiger partial charge in [-0.2, -0.15) is 18.3 Å². The SMILES string of the molecule is [CH2][C@@](C)([CH]c1cccc(F)c1)c1ccnc2c(-c3ccc(C(F)(F)F)cc3)c(S(C)(=O)=O)nn12. The molecule has 0 bridgehead atoms. The van der Waals surface area contributed by atoms with E-state index in [4.69, 9.17) is 0 Å². The second-order valence-electron chi connectivity index (χ2n) is 8.21. The van der Waals surface area contributed by atoms with E-state index < -0.39 is 32.8 Å². The first-order valence-electron chi connectivity index (χ1n) is 10.00. The number of alkyl halides is 3. The summed E-state index contributed by atoms with van der Waals surface area (Å²) in [7, 11) is -3.88. The third-order valence-electron chi connectivity index (χ3n) is 5.26. The molecule has 0 fully saturated rings. The molecule has 0 N–H and O–H groups in total. The van der Waals surface area contributed by atoms with Gasteiger partial charge >= 0.3 is 6.18 Å². The molecule has 2 radical (unpaired) electrons. The lowest BCUT2D eigenvalue weighted by atomic mass is 9.82. The van der Waals surface area contributed by atoms with Crippen molar-refractivity contribution in [3.05, 3.63) is 96.8 Å². The van der Waals surface area contributed by atoms with E-state index in [-0.39, 0.29) is 21.8 Å². The Morgan fingerprint density at radius 3 is 2.32 bits per heavy atom. The van der Waals surface area contributed by atoms with Crippen LogP contribution < -0.4 is 0 Å². The first kappa shape index (κ1) is 23.9. The van der Waals surface area contributed by atoms with Crippen molar-refractivity contribution >= 4 is 15.5 Å². The summed E-state index contributed by atoms with van der Waals surface area (Å²) in [6.45, 7) is 5.93. The third-order valence-corrected chi connectivity index (χ3v) is 6.25. The second kappa shape index (κ2) is 8.19. The molecule has 0 aliphatic carbocycles. The summed E-state index contributed by atoms with van der Waals surface area (Å²) in [4.78, 5) is 4.27. The lowest BCUT2D eigenvalue weighted by Crippen LogP contribution is -2.23. The van der Waals surface area contributed by atoms with Gasteiger partial charge in [-0.1, -0.05) is 31.2 Å². The Labute approximate surface area is 194 Å². The standard InChI is InChI=1S/C24H19F4N3O2S/c1-23(2,14-15-5-4-6-18(25)13-15)19-11-12-29-21-20(22(30-31(19)21)34(3,32)33)16-7-9-17(10-8-16)24(26,27)28/h4-14H,1H2,2-3H3/t23-/m1/s1. The number of aromatic nitrogens is 3.